The van der Waals surface area contributed by atoms with Crippen molar-refractivity contribution < 1.29 is 112 Å². The Morgan fingerprint density at radius 3 is 0.959 bits per heavy atom. The lowest BCUT2D eigenvalue weighted by Gasteiger charge is -2.38. The number of rotatable bonds is 28. The fourth-order valence-electron chi connectivity index (χ4n) is 14.6. The van der Waals surface area contributed by atoms with E-state index in [1.165, 1.54) is 105 Å². The average molecular weight is 2040 g/mol. The van der Waals surface area contributed by atoms with Gasteiger partial charge in [0.25, 0.3) is 0 Å². The molecule has 2 aliphatic rings. The molecule has 41 heteroatoms. The summed E-state index contributed by atoms with van der Waals surface area (Å²) >= 11 is 3.22. The molecule has 0 radical (unpaired) electrons. The molecule has 0 amide bonds. The highest BCUT2D eigenvalue weighted by atomic mass is 79.9. The number of benzene rings is 9. The second kappa shape index (κ2) is 61.9. The summed E-state index contributed by atoms with van der Waals surface area (Å²) in [7, 11) is 0. The molecule has 13 rings (SSSR count). The molecule has 0 N–H and O–H groups in total. The first kappa shape index (κ1) is 115. The molecule has 0 bridgehead atoms. The number of carbonyl (C=O) groups excluding carboxylic acids is 16. The van der Waals surface area contributed by atoms with Gasteiger partial charge in [-0.3, -0.25) is 0 Å². The maximum Gasteiger partial charge on any atom is 0.411 e. The van der Waals surface area contributed by atoms with Crippen molar-refractivity contribution in [2.45, 2.75) is 155 Å². The van der Waals surface area contributed by atoms with Crippen molar-refractivity contribution in [2.75, 3.05) is 0 Å². The van der Waals surface area contributed by atoms with E-state index in [9.17, 15) is 103 Å². The minimum atomic E-state index is -5.75. The first-order valence-corrected chi connectivity index (χ1v) is 43.8. The van der Waals surface area contributed by atoms with Gasteiger partial charge in [-0.05, 0) is 316 Å². The van der Waals surface area contributed by atoms with E-state index in [4.69, 9.17) is 8.83 Å². The molecule has 2 fully saturated rings. The molecule has 2 heterocycles. The summed E-state index contributed by atoms with van der Waals surface area (Å²) in [5.41, 5.74) is 6.52. The largest absolute Gasteiger partial charge is 0.464 e. The van der Waals surface area contributed by atoms with Crippen molar-refractivity contribution >= 4 is 181 Å². The van der Waals surface area contributed by atoms with Crippen molar-refractivity contribution in [3.8, 4) is 11.1 Å². The van der Waals surface area contributed by atoms with Crippen molar-refractivity contribution in [1.82, 2.24) is 0 Å². The molecule has 34 nitrogen and oxygen atoms in total. The number of alkyl halides is 6. The molecule has 0 aliphatic heterocycles. The third-order valence-corrected chi connectivity index (χ3v) is 22.3. The van der Waals surface area contributed by atoms with E-state index in [-0.39, 0.29) is 36.5 Å². The normalized spacial score (nSPS) is 13.0. The van der Waals surface area contributed by atoms with Crippen LogP contribution in [0.3, 0.4) is 0 Å². The van der Waals surface area contributed by atoms with Crippen LogP contribution in [-0.2, 0) is 114 Å². The summed E-state index contributed by atoms with van der Waals surface area (Å²) in [6.07, 6.45) is 24.1. The van der Waals surface area contributed by atoms with E-state index >= 15 is 0 Å². The lowest BCUT2D eigenvalue weighted by Crippen LogP contribution is -2.54. The minimum Gasteiger partial charge on any atom is -0.464 e. The molecular weight excluding hydrogens is 1960 g/mol. The Morgan fingerprint density at radius 1 is 0.297 bits per heavy atom. The van der Waals surface area contributed by atoms with Crippen LogP contribution in [0.5, 0.6) is 0 Å². The van der Waals surface area contributed by atoms with E-state index in [0.29, 0.717) is 116 Å². The van der Waals surface area contributed by atoms with E-state index < -0.39 is 28.9 Å². The van der Waals surface area contributed by atoms with Crippen molar-refractivity contribution in [3.05, 3.63) is 284 Å². The molecule has 2 aliphatic carbocycles. The van der Waals surface area contributed by atoms with Gasteiger partial charge in [0.1, 0.15) is 36.1 Å². The third-order valence-electron chi connectivity index (χ3n) is 21.7. The van der Waals surface area contributed by atoms with Crippen LogP contribution >= 0.6 is 15.9 Å². The van der Waals surface area contributed by atoms with Crippen LogP contribution in [0.25, 0.3) is 11.1 Å². The second-order valence-electron chi connectivity index (χ2n) is 30.8. The van der Waals surface area contributed by atoms with Gasteiger partial charge < -0.3 is 8.83 Å². The van der Waals surface area contributed by atoms with Crippen LogP contribution in [0.4, 0.5) is 94.6 Å². The lowest BCUT2D eigenvalue weighted by molar-refractivity contribution is -0.288. The minimum absolute atomic E-state index is 0.150. The zero-order valence-electron chi connectivity index (χ0n) is 77.5. The smallest absolute Gasteiger partial charge is 0.411 e. The summed E-state index contributed by atoms with van der Waals surface area (Å²) in [6, 6.07) is 52.4. The van der Waals surface area contributed by atoms with Gasteiger partial charge in [-0.25, -0.2) is 86.7 Å². The Hall–Kier alpha value is -18.3. The second-order valence-corrected chi connectivity index (χ2v) is 31.7. The molecule has 145 heavy (non-hydrogen) atoms. The number of hydrogen-bond acceptors (Lipinski definition) is 34. The first-order chi connectivity index (χ1) is 69.9. The molecule has 0 saturated heterocycles. The van der Waals surface area contributed by atoms with Gasteiger partial charge in [-0.15, -0.1) is 0 Å². The molecule has 2 aromatic heterocycles. The lowest BCUT2D eigenvalue weighted by atomic mass is 9.73. The highest BCUT2D eigenvalue weighted by molar-refractivity contribution is 9.10. The van der Waals surface area contributed by atoms with Crippen LogP contribution < -0.4 is 0 Å². The SMILES string of the molecule is Cc1c(N=C=O)cccc1N=C=O.Cc1cc(-c2ccc(N=C=O)c(C)c2)ccc1N=C=O.Cc1cc(Br)c(N=C=O)cc1N=C=O.Cc1ccc(N=C=O)cc1N=C=O.O=C=NC1CCC(CC2CCC(N=C=O)CC2)CC1.O=C=NCc1ccc(CCc2ccc(CN=C=O)o2)o1.O=C=Nc1ccc(C(c2ccc(N=C=O)cc2)(C(F)(F)F)C(F)(F)F)cc1.O=C=Nc1ccc(Cc2ccc(N=C=O)cc2)cc1. The summed E-state index contributed by atoms with van der Waals surface area (Å²) in [5, 5.41) is 0. The van der Waals surface area contributed by atoms with Gasteiger partial charge in [0.15, 0.2) is 0 Å². The Labute approximate surface area is 830 Å². The molecule has 0 atom stereocenters. The molecule has 11 aromatic rings. The van der Waals surface area contributed by atoms with E-state index in [1.807, 2.05) is 74.5 Å². The van der Waals surface area contributed by atoms with Crippen LogP contribution in [0.2, 0.25) is 0 Å². The van der Waals surface area contributed by atoms with Gasteiger partial charge in [0.05, 0.1) is 80.3 Å². The Bertz CT molecular complexity index is 6750. The highest BCUT2D eigenvalue weighted by Crippen LogP contribution is 2.57. The van der Waals surface area contributed by atoms with E-state index in [1.54, 1.807) is 130 Å². The number of nitrogens with zero attached hydrogens (tertiary/aromatic N) is 16. The zero-order chi connectivity index (χ0) is 106. The average Bonchev–Trinajstić information content (AvgIpc) is 0.982. The standard InChI is InChI=1S/C17H8F6N2O2.C16H12N2O2.C15H22N2O2.C15H10N2O2.C14H12N2O4.C9H5BrN2O2.2C9H6N2O2/c18-16(19,20)15(17(21,22)23,11-1-5-13(6-2-11)24-9-26)12-3-7-14(8-4-12)25-10-27;1-11-7-13(3-5-15(11)17-9-19)14-4-6-16(18-10-20)12(2)8-14;2*18-10-16-14-5-1-12(2-6-14)9-13-3-7-15(8-4-13)17-11-19;17-9-15-7-13-5-3-11(19-13)1-2-12-4-6-14(20-12)8-16-10-18;1-6-2-7(10)9(12-5-14)3-8(6)11-4-13;1-7-2-3-8(10-5-12)4-9(7)11-6-13;1-7-8(10-5-12)3-2-4-9(7)11-6-13/h1-8H;3-8H,1-2H3;12-15H,1-9H2;1-8H,9H2;3-6H,1-2,7-8H2;2-3H,1H3;2*2-4H,1H3. The molecular formula is C104H81BrF6N16O18. The van der Waals surface area contributed by atoms with Crippen LogP contribution in [0.1, 0.15) is 131 Å². The van der Waals surface area contributed by atoms with Gasteiger partial charge in [0.2, 0.25) is 103 Å². The number of aryl methyl sites for hydroxylation is 6. The van der Waals surface area contributed by atoms with E-state index in [2.05, 4.69) is 95.8 Å². The Balaban J connectivity index is 0.000000256. The summed E-state index contributed by atoms with van der Waals surface area (Å²) in [6.45, 7) is 9.48. The maximum absolute atomic E-state index is 13.8. The summed E-state index contributed by atoms with van der Waals surface area (Å²) in [5.74, 6) is 4.45. The van der Waals surface area contributed by atoms with Gasteiger partial charge >= 0.3 is 12.4 Å². The van der Waals surface area contributed by atoms with Crippen LogP contribution in [0.15, 0.2) is 299 Å². The van der Waals surface area contributed by atoms with E-state index in [0.717, 1.165) is 136 Å². The molecule has 734 valence electrons. The van der Waals surface area contributed by atoms with Crippen molar-refractivity contribution in [2.24, 2.45) is 91.7 Å². The number of furan rings is 2. The molecule has 9 aromatic carbocycles. The van der Waals surface area contributed by atoms with Gasteiger partial charge in [-0.2, -0.15) is 96.2 Å². The molecule has 0 spiro atoms. The fraction of sp³-hybridized carbons (Fsp3) is 0.250. The van der Waals surface area contributed by atoms with Crippen molar-refractivity contribution in [1.29, 1.82) is 0 Å². The fourth-order valence-corrected chi connectivity index (χ4v) is 15.1. The first-order valence-electron chi connectivity index (χ1n) is 43.0. The Kier molecular flexibility index (Phi) is 49.3. The monoisotopic (exact) mass is 2030 g/mol. The van der Waals surface area contributed by atoms with Crippen LogP contribution in [0, 0.1) is 46.5 Å². The maximum atomic E-state index is 13.8. The quantitative estimate of drug-likeness (QED) is 0.0250. The highest BCUT2D eigenvalue weighted by Gasteiger charge is 2.72. The number of isocyanates is 16. The number of hydrogen-bond donors (Lipinski definition) is 0. The number of aliphatic imine (C=N–C) groups is 16. The zero-order valence-corrected chi connectivity index (χ0v) is 79.1. The number of halogens is 7. The van der Waals surface area contributed by atoms with Gasteiger partial charge in [0, 0.05) is 22.9 Å². The molecule has 0 unspecified atom stereocenters. The van der Waals surface area contributed by atoms with Crippen LogP contribution in [-0.4, -0.2) is 122 Å². The topological polar surface area (TPSA) is 497 Å². The third kappa shape index (κ3) is 37.7. The predicted molar refractivity (Wildman–Crippen MR) is 518 cm³/mol. The molecule has 2 saturated carbocycles. The predicted octanol–water partition coefficient (Wildman–Crippen LogP) is 24.2. The van der Waals surface area contributed by atoms with Crippen molar-refractivity contribution in [3.63, 3.8) is 0 Å². The van der Waals surface area contributed by atoms with Gasteiger partial charge in [-0.1, -0.05) is 72.8 Å². The Morgan fingerprint density at radius 2 is 0.614 bits per heavy atom. The summed E-state index contributed by atoms with van der Waals surface area (Å²) in [4.78, 5) is 218. The summed E-state index contributed by atoms with van der Waals surface area (Å²) < 4.78 is 94.7.